The predicted molar refractivity (Wildman–Crippen MR) is 68.2 cm³/mol. The molecule has 1 aromatic carbocycles. The number of hydrogen-bond donors (Lipinski definition) is 4. The van der Waals surface area contributed by atoms with Crippen molar-refractivity contribution in [3.8, 4) is 5.75 Å². The summed E-state index contributed by atoms with van der Waals surface area (Å²) in [5, 5.41) is 21.8. The van der Waals surface area contributed by atoms with E-state index >= 15 is 0 Å². The van der Waals surface area contributed by atoms with E-state index in [0.29, 0.717) is 6.61 Å². The number of hydrogen-bond acceptors (Lipinski definition) is 4. The van der Waals surface area contributed by atoms with E-state index in [4.69, 9.17) is 14.9 Å². The highest BCUT2D eigenvalue weighted by atomic mass is 19.1. The molecule has 4 N–H and O–H groups in total. The summed E-state index contributed by atoms with van der Waals surface area (Å²) in [4.78, 5) is 21.7. The van der Waals surface area contributed by atoms with Gasteiger partial charge in [-0.3, -0.25) is 0 Å². The Kier molecular flexibility index (Phi) is 5.73. The molecule has 0 aromatic heterocycles. The number of benzene rings is 1. The van der Waals surface area contributed by atoms with Crippen LogP contribution in [-0.4, -0.2) is 41.5 Å². The monoisotopic (exact) mass is 286 g/mol. The third-order valence-electron chi connectivity index (χ3n) is 2.23. The Morgan fingerprint density at radius 1 is 1.45 bits per heavy atom. The fraction of sp³-hybridized carbons (Fsp3) is 0.333. The second kappa shape index (κ2) is 7.29. The average molecular weight is 286 g/mol. The van der Waals surface area contributed by atoms with Crippen LogP contribution in [-0.2, 0) is 4.79 Å². The molecule has 8 heteroatoms. The van der Waals surface area contributed by atoms with E-state index in [0.717, 1.165) is 6.07 Å². The SMILES string of the molecule is CCOc1ccc(NC(=O)NCC(O)C(=O)O)cc1F. The largest absolute Gasteiger partial charge is 0.491 e. The molecule has 1 atom stereocenters. The van der Waals surface area contributed by atoms with Gasteiger partial charge in [-0.05, 0) is 19.1 Å². The van der Waals surface area contributed by atoms with Crippen LogP contribution >= 0.6 is 0 Å². The zero-order valence-electron chi connectivity index (χ0n) is 10.7. The summed E-state index contributed by atoms with van der Waals surface area (Å²) in [6.45, 7) is 1.57. The van der Waals surface area contributed by atoms with Crippen molar-refractivity contribution in [3.05, 3.63) is 24.0 Å². The van der Waals surface area contributed by atoms with Crippen molar-refractivity contribution in [2.24, 2.45) is 0 Å². The first-order valence-electron chi connectivity index (χ1n) is 5.82. The molecule has 0 radical (unpaired) electrons. The molecular weight excluding hydrogens is 271 g/mol. The van der Waals surface area contributed by atoms with Gasteiger partial charge in [0.25, 0.3) is 0 Å². The van der Waals surface area contributed by atoms with Crippen LogP contribution in [0.4, 0.5) is 14.9 Å². The lowest BCUT2D eigenvalue weighted by atomic mass is 10.3. The van der Waals surface area contributed by atoms with Crippen LogP contribution in [0, 0.1) is 5.82 Å². The molecule has 0 aliphatic heterocycles. The first kappa shape index (κ1) is 15.7. The van der Waals surface area contributed by atoms with Crippen molar-refractivity contribution in [3.63, 3.8) is 0 Å². The Bertz CT molecular complexity index is 495. The highest BCUT2D eigenvalue weighted by Crippen LogP contribution is 2.20. The van der Waals surface area contributed by atoms with Crippen molar-refractivity contribution in [1.29, 1.82) is 0 Å². The molecule has 1 aromatic rings. The lowest BCUT2D eigenvalue weighted by Crippen LogP contribution is -2.38. The maximum atomic E-state index is 13.5. The topological polar surface area (TPSA) is 108 Å². The smallest absolute Gasteiger partial charge is 0.334 e. The van der Waals surface area contributed by atoms with E-state index in [9.17, 15) is 14.0 Å². The van der Waals surface area contributed by atoms with Crippen molar-refractivity contribution >= 4 is 17.7 Å². The number of carboxylic acids is 1. The first-order valence-corrected chi connectivity index (χ1v) is 5.82. The zero-order chi connectivity index (χ0) is 15.1. The number of rotatable bonds is 6. The molecule has 0 aliphatic carbocycles. The quantitative estimate of drug-likeness (QED) is 0.618. The summed E-state index contributed by atoms with van der Waals surface area (Å²) in [5.41, 5.74) is 0.174. The molecule has 0 aliphatic rings. The molecule has 0 saturated heterocycles. The maximum Gasteiger partial charge on any atom is 0.334 e. The van der Waals surface area contributed by atoms with Crippen molar-refractivity contribution < 1.29 is 28.9 Å². The van der Waals surface area contributed by atoms with E-state index in [2.05, 4.69) is 10.6 Å². The number of carbonyl (C=O) groups excluding carboxylic acids is 1. The van der Waals surface area contributed by atoms with E-state index in [1.807, 2.05) is 0 Å². The number of halogens is 1. The summed E-state index contributed by atoms with van der Waals surface area (Å²) in [6.07, 6.45) is -1.70. The molecule has 0 fully saturated rings. The number of nitrogens with one attached hydrogen (secondary N) is 2. The van der Waals surface area contributed by atoms with Crippen LogP contribution in [0.2, 0.25) is 0 Å². The molecule has 0 heterocycles. The highest BCUT2D eigenvalue weighted by Gasteiger charge is 2.14. The van der Waals surface area contributed by atoms with Gasteiger partial charge >= 0.3 is 12.0 Å². The molecule has 2 amide bonds. The number of amides is 2. The summed E-state index contributed by atoms with van der Waals surface area (Å²) in [7, 11) is 0. The average Bonchev–Trinajstić information content (AvgIpc) is 2.39. The number of urea groups is 1. The van der Waals surface area contributed by atoms with Gasteiger partial charge in [0, 0.05) is 11.8 Å². The van der Waals surface area contributed by atoms with Crippen molar-refractivity contribution in [2.75, 3.05) is 18.5 Å². The summed E-state index contributed by atoms with van der Waals surface area (Å²) >= 11 is 0. The fourth-order valence-electron chi connectivity index (χ4n) is 1.30. The molecular formula is C12H15FN2O5. The number of anilines is 1. The third-order valence-corrected chi connectivity index (χ3v) is 2.23. The number of aliphatic hydroxyl groups is 1. The highest BCUT2D eigenvalue weighted by molar-refractivity contribution is 5.89. The van der Waals surface area contributed by atoms with Crippen LogP contribution < -0.4 is 15.4 Å². The Morgan fingerprint density at radius 3 is 2.70 bits per heavy atom. The molecule has 20 heavy (non-hydrogen) atoms. The zero-order valence-corrected chi connectivity index (χ0v) is 10.7. The number of aliphatic hydroxyl groups excluding tert-OH is 1. The predicted octanol–water partition coefficient (Wildman–Crippen LogP) is 0.791. The van der Waals surface area contributed by atoms with Crippen molar-refractivity contribution in [2.45, 2.75) is 13.0 Å². The van der Waals surface area contributed by atoms with Crippen LogP contribution in [0.5, 0.6) is 5.75 Å². The van der Waals surface area contributed by atoms with Gasteiger partial charge in [0.1, 0.15) is 0 Å². The van der Waals surface area contributed by atoms with E-state index in [1.54, 1.807) is 6.92 Å². The minimum Gasteiger partial charge on any atom is -0.491 e. The Balaban J connectivity index is 2.54. The summed E-state index contributed by atoms with van der Waals surface area (Å²) in [5.74, 6) is -2.01. The number of carbonyl (C=O) groups is 2. The lowest BCUT2D eigenvalue weighted by molar-refractivity contribution is -0.146. The normalized spacial score (nSPS) is 11.6. The molecule has 7 nitrogen and oxygen atoms in total. The van der Waals surface area contributed by atoms with Crippen LogP contribution in [0.25, 0.3) is 0 Å². The van der Waals surface area contributed by atoms with Gasteiger partial charge in [0.15, 0.2) is 17.7 Å². The van der Waals surface area contributed by atoms with Crippen LogP contribution in [0.1, 0.15) is 6.92 Å². The maximum absolute atomic E-state index is 13.5. The lowest BCUT2D eigenvalue weighted by Gasteiger charge is -2.10. The number of carboxylic acid groups (broad SMARTS) is 1. The standard InChI is InChI=1S/C12H15FN2O5/c1-2-20-10-4-3-7(5-8(10)13)15-12(19)14-6-9(16)11(17)18/h3-5,9,16H,2,6H2,1H3,(H,17,18)(H2,14,15,19). The first-order chi connectivity index (χ1) is 9.43. The molecule has 0 spiro atoms. The van der Waals surface area contributed by atoms with Gasteiger partial charge in [-0.2, -0.15) is 0 Å². The molecule has 0 bridgehead atoms. The fourth-order valence-corrected chi connectivity index (χ4v) is 1.30. The Hall–Kier alpha value is -2.35. The van der Waals surface area contributed by atoms with Gasteiger partial charge in [0.05, 0.1) is 13.2 Å². The number of ether oxygens (including phenoxy) is 1. The van der Waals surface area contributed by atoms with Gasteiger partial charge in [-0.25, -0.2) is 14.0 Å². The van der Waals surface area contributed by atoms with Gasteiger partial charge in [0.2, 0.25) is 0 Å². The number of aliphatic carboxylic acids is 1. The molecule has 1 rings (SSSR count). The van der Waals surface area contributed by atoms with Crippen LogP contribution in [0.3, 0.4) is 0 Å². The minimum absolute atomic E-state index is 0.0692. The van der Waals surface area contributed by atoms with Crippen LogP contribution in [0.15, 0.2) is 18.2 Å². The van der Waals surface area contributed by atoms with Gasteiger partial charge in [-0.1, -0.05) is 0 Å². The van der Waals surface area contributed by atoms with E-state index in [-0.39, 0.29) is 11.4 Å². The minimum atomic E-state index is -1.70. The summed E-state index contributed by atoms with van der Waals surface area (Å²) < 4.78 is 18.5. The van der Waals surface area contributed by atoms with Crippen molar-refractivity contribution in [1.82, 2.24) is 5.32 Å². The molecule has 110 valence electrons. The van der Waals surface area contributed by atoms with Gasteiger partial charge < -0.3 is 25.6 Å². The van der Waals surface area contributed by atoms with E-state index in [1.165, 1.54) is 12.1 Å². The van der Waals surface area contributed by atoms with Gasteiger partial charge in [-0.15, -0.1) is 0 Å². The Labute approximate surface area is 114 Å². The molecule has 1 unspecified atom stereocenters. The molecule has 0 saturated carbocycles. The Morgan fingerprint density at radius 2 is 2.15 bits per heavy atom. The summed E-state index contributed by atoms with van der Waals surface area (Å²) in [6, 6.07) is 3.11. The van der Waals surface area contributed by atoms with E-state index < -0.39 is 30.5 Å². The third kappa shape index (κ3) is 4.73. The second-order valence-corrected chi connectivity index (χ2v) is 3.77. The second-order valence-electron chi connectivity index (χ2n) is 3.77.